The second kappa shape index (κ2) is 4.47. The van der Waals surface area contributed by atoms with Crippen molar-refractivity contribution < 1.29 is 4.84 Å². The fraction of sp³-hybridized carbons (Fsp3) is 0.750. The van der Waals surface area contributed by atoms with Gasteiger partial charge in [0.25, 0.3) is 0 Å². The van der Waals surface area contributed by atoms with Gasteiger partial charge in [0.1, 0.15) is 7.11 Å². The lowest BCUT2D eigenvalue weighted by atomic mass is 10.6. The van der Waals surface area contributed by atoms with Crippen LogP contribution in [-0.2, 0) is 4.84 Å². The summed E-state index contributed by atoms with van der Waals surface area (Å²) in [7, 11) is 1.53. The summed E-state index contributed by atoms with van der Waals surface area (Å²) in [4.78, 5) is 4.35. The lowest BCUT2D eigenvalue weighted by molar-refractivity contribution is 0.214. The van der Waals surface area contributed by atoms with Gasteiger partial charge in [-0.05, 0) is 6.42 Å². The minimum absolute atomic E-state index is 0.938. The Morgan fingerprint density at radius 2 is 2.50 bits per heavy atom. The first-order chi connectivity index (χ1) is 2.91. The monoisotopic (exact) mass is 87.1 g/mol. The van der Waals surface area contributed by atoms with Gasteiger partial charge in [-0.2, -0.15) is 0 Å². The van der Waals surface area contributed by atoms with Crippen LogP contribution in [0.4, 0.5) is 0 Å². The van der Waals surface area contributed by atoms with Crippen LogP contribution in [0.5, 0.6) is 0 Å². The lowest BCUT2D eigenvalue weighted by Gasteiger charge is -1.78. The fourth-order valence-corrected chi connectivity index (χ4v) is 0.149. The maximum Gasteiger partial charge on any atom is 0.106 e. The van der Waals surface area contributed by atoms with E-state index in [0.717, 1.165) is 6.42 Å². The van der Waals surface area contributed by atoms with Gasteiger partial charge in [-0.1, -0.05) is 12.1 Å². The number of hydrogen-bond acceptors (Lipinski definition) is 2. The molecule has 0 aromatic rings. The fourth-order valence-electron chi connectivity index (χ4n) is 0.149. The third-order valence-electron chi connectivity index (χ3n) is 0.363. The van der Waals surface area contributed by atoms with Gasteiger partial charge in [-0.25, -0.2) is 0 Å². The van der Waals surface area contributed by atoms with E-state index in [1.165, 1.54) is 7.11 Å². The smallest absolute Gasteiger partial charge is 0.106 e. The Morgan fingerprint density at radius 1 is 1.83 bits per heavy atom. The quantitative estimate of drug-likeness (QED) is 0.364. The van der Waals surface area contributed by atoms with Crippen molar-refractivity contribution >= 4 is 6.21 Å². The van der Waals surface area contributed by atoms with Crippen LogP contribution >= 0.6 is 0 Å². The molecule has 0 aliphatic heterocycles. The summed E-state index contributed by atoms with van der Waals surface area (Å²) in [5.41, 5.74) is 0. The van der Waals surface area contributed by atoms with Gasteiger partial charge in [0.15, 0.2) is 0 Å². The van der Waals surface area contributed by atoms with E-state index in [4.69, 9.17) is 0 Å². The molecular formula is C4H9NO. The molecule has 0 radical (unpaired) electrons. The summed E-state index contributed by atoms with van der Waals surface area (Å²) in [5, 5.41) is 3.47. The van der Waals surface area contributed by atoms with E-state index in [1.807, 2.05) is 6.92 Å². The Kier molecular flexibility index (Phi) is 4.08. The average molecular weight is 87.1 g/mol. The minimum Gasteiger partial charge on any atom is -0.399 e. The molecule has 0 heterocycles. The molecule has 0 N–H and O–H groups in total. The van der Waals surface area contributed by atoms with Gasteiger partial charge in [0.2, 0.25) is 0 Å². The molecule has 2 heteroatoms. The van der Waals surface area contributed by atoms with Crippen molar-refractivity contribution in [3.05, 3.63) is 0 Å². The van der Waals surface area contributed by atoms with Crippen molar-refractivity contribution in [2.45, 2.75) is 13.3 Å². The Morgan fingerprint density at radius 3 is 2.67 bits per heavy atom. The van der Waals surface area contributed by atoms with Gasteiger partial charge in [-0.3, -0.25) is 0 Å². The topological polar surface area (TPSA) is 21.6 Å². The van der Waals surface area contributed by atoms with Gasteiger partial charge in [0.05, 0.1) is 0 Å². The Balaban J connectivity index is 2.73. The Labute approximate surface area is 37.8 Å². The number of rotatable bonds is 2. The second-order valence-corrected chi connectivity index (χ2v) is 0.879. The molecule has 2 nitrogen and oxygen atoms in total. The van der Waals surface area contributed by atoms with Crippen LogP contribution in [0.15, 0.2) is 5.16 Å². The van der Waals surface area contributed by atoms with E-state index in [0.29, 0.717) is 0 Å². The summed E-state index contributed by atoms with van der Waals surface area (Å²) in [6.07, 6.45) is 2.65. The van der Waals surface area contributed by atoms with Crippen LogP contribution in [-0.4, -0.2) is 13.3 Å². The van der Waals surface area contributed by atoms with Gasteiger partial charge < -0.3 is 4.84 Å². The molecule has 6 heavy (non-hydrogen) atoms. The zero-order chi connectivity index (χ0) is 4.83. The van der Waals surface area contributed by atoms with Crippen molar-refractivity contribution in [3.8, 4) is 0 Å². The summed E-state index contributed by atoms with van der Waals surface area (Å²) in [6, 6.07) is 0. The summed E-state index contributed by atoms with van der Waals surface area (Å²) in [5.74, 6) is 0. The van der Waals surface area contributed by atoms with Crippen molar-refractivity contribution in [2.75, 3.05) is 7.11 Å². The van der Waals surface area contributed by atoms with E-state index in [9.17, 15) is 0 Å². The maximum atomic E-state index is 4.35. The first kappa shape index (κ1) is 5.47. The molecule has 36 valence electrons. The molecule has 0 saturated heterocycles. The van der Waals surface area contributed by atoms with Crippen LogP contribution in [0.25, 0.3) is 0 Å². The standard InChI is InChI=1S/C4H9NO/c1-3-4-5-6-2/h4H,3H2,1-2H3/b5-4-. The minimum atomic E-state index is 0.938. The van der Waals surface area contributed by atoms with Crippen LogP contribution < -0.4 is 0 Å². The summed E-state index contributed by atoms with van der Waals surface area (Å²) < 4.78 is 0. The molecule has 0 spiro atoms. The van der Waals surface area contributed by atoms with Gasteiger partial charge in [0, 0.05) is 6.21 Å². The van der Waals surface area contributed by atoms with Crippen molar-refractivity contribution in [1.29, 1.82) is 0 Å². The summed E-state index contributed by atoms with van der Waals surface area (Å²) >= 11 is 0. The molecule has 0 saturated carbocycles. The highest BCUT2D eigenvalue weighted by atomic mass is 16.6. The first-order valence-corrected chi connectivity index (χ1v) is 1.96. The van der Waals surface area contributed by atoms with E-state index in [-0.39, 0.29) is 0 Å². The molecule has 0 rings (SSSR count). The maximum absolute atomic E-state index is 4.35. The Hall–Kier alpha value is -0.530. The molecule has 0 aliphatic carbocycles. The zero-order valence-corrected chi connectivity index (χ0v) is 4.14. The highest BCUT2D eigenvalue weighted by Crippen LogP contribution is 1.67. The molecule has 0 atom stereocenters. The predicted molar refractivity (Wildman–Crippen MR) is 25.8 cm³/mol. The molecule has 0 aromatic heterocycles. The van der Waals surface area contributed by atoms with Gasteiger partial charge in [-0.15, -0.1) is 0 Å². The number of oxime groups is 1. The number of nitrogens with zero attached hydrogens (tertiary/aromatic N) is 1. The average Bonchev–Trinajstić information content (AvgIpc) is 1.61. The first-order valence-electron chi connectivity index (χ1n) is 1.96. The van der Waals surface area contributed by atoms with Crippen LogP contribution in [0.3, 0.4) is 0 Å². The van der Waals surface area contributed by atoms with E-state index in [2.05, 4.69) is 9.99 Å². The third-order valence-corrected chi connectivity index (χ3v) is 0.363. The van der Waals surface area contributed by atoms with Crippen LogP contribution in [0.1, 0.15) is 13.3 Å². The lowest BCUT2D eigenvalue weighted by Crippen LogP contribution is -1.68. The molecule has 0 amide bonds. The highest BCUT2D eigenvalue weighted by molar-refractivity contribution is 5.55. The molecule has 0 unspecified atom stereocenters. The SMILES string of the molecule is CC/C=N\OC. The third kappa shape index (κ3) is 3.47. The molecule has 0 bridgehead atoms. The normalized spacial score (nSPS) is 9.67. The predicted octanol–water partition coefficient (Wildman–Crippen LogP) is 1.03. The van der Waals surface area contributed by atoms with Crippen molar-refractivity contribution in [3.63, 3.8) is 0 Å². The second-order valence-electron chi connectivity index (χ2n) is 0.879. The van der Waals surface area contributed by atoms with E-state index < -0.39 is 0 Å². The molecule has 0 aromatic carbocycles. The van der Waals surface area contributed by atoms with Crippen molar-refractivity contribution in [1.82, 2.24) is 0 Å². The number of hydrogen-bond donors (Lipinski definition) is 0. The summed E-state index contributed by atoms with van der Waals surface area (Å²) in [6.45, 7) is 2.00. The van der Waals surface area contributed by atoms with Crippen LogP contribution in [0, 0.1) is 0 Å². The van der Waals surface area contributed by atoms with Gasteiger partial charge >= 0.3 is 0 Å². The molecule has 0 fully saturated rings. The highest BCUT2D eigenvalue weighted by Gasteiger charge is 1.59. The molecular weight excluding hydrogens is 78.0 g/mol. The van der Waals surface area contributed by atoms with E-state index >= 15 is 0 Å². The zero-order valence-electron chi connectivity index (χ0n) is 4.14. The largest absolute Gasteiger partial charge is 0.399 e. The van der Waals surface area contributed by atoms with E-state index in [1.54, 1.807) is 6.21 Å². The van der Waals surface area contributed by atoms with Crippen LogP contribution in [0.2, 0.25) is 0 Å². The Bertz CT molecular complexity index is 36.8. The molecule has 0 aliphatic rings. The van der Waals surface area contributed by atoms with Crippen molar-refractivity contribution in [2.24, 2.45) is 5.16 Å².